The molecule has 1 unspecified atom stereocenters. The summed E-state index contributed by atoms with van der Waals surface area (Å²) in [5.74, 6) is 2.69. The van der Waals surface area contributed by atoms with Crippen molar-refractivity contribution in [1.29, 1.82) is 0 Å². The molecule has 1 aliphatic carbocycles. The number of ether oxygens (including phenoxy) is 1. The zero-order valence-electron chi connectivity index (χ0n) is 16.6. The highest BCUT2D eigenvalue weighted by Crippen LogP contribution is 2.29. The van der Waals surface area contributed by atoms with Crippen LogP contribution >= 0.6 is 0 Å². The molecule has 0 radical (unpaired) electrons. The molecule has 1 saturated carbocycles. The van der Waals surface area contributed by atoms with Crippen LogP contribution in [0, 0.1) is 23.7 Å². The molecule has 1 rings (SSSR count). The van der Waals surface area contributed by atoms with Crippen LogP contribution in [0.2, 0.25) is 0 Å². The van der Waals surface area contributed by atoms with E-state index in [2.05, 4.69) is 52.4 Å². The summed E-state index contributed by atoms with van der Waals surface area (Å²) in [6.07, 6.45) is 8.71. The first kappa shape index (κ1) is 22.9. The Hall–Kier alpha value is -1.12. The molecule has 24 heavy (non-hydrogen) atoms. The Morgan fingerprint density at radius 3 is 2.38 bits per heavy atom. The highest BCUT2D eigenvalue weighted by Gasteiger charge is 2.27. The van der Waals surface area contributed by atoms with E-state index in [9.17, 15) is 9.59 Å². The van der Waals surface area contributed by atoms with Gasteiger partial charge in [0.1, 0.15) is 5.78 Å². The van der Waals surface area contributed by atoms with Crippen LogP contribution < -0.4 is 0 Å². The highest BCUT2D eigenvalue weighted by atomic mass is 16.5. The smallest absolute Gasteiger partial charge is 0.293 e. The van der Waals surface area contributed by atoms with Gasteiger partial charge in [0, 0.05) is 12.3 Å². The third-order valence-electron chi connectivity index (χ3n) is 4.75. The van der Waals surface area contributed by atoms with E-state index in [0.29, 0.717) is 42.5 Å². The molecule has 0 aromatic carbocycles. The molecule has 3 heteroatoms. The zero-order valence-corrected chi connectivity index (χ0v) is 16.6. The molecule has 0 heterocycles. The SMILES string of the molecule is CC(C)=CCCC(C)CCOC=O.CC(C)[C@H]1CC[C@H](C)CC1=O. The van der Waals surface area contributed by atoms with Gasteiger partial charge in [-0.3, -0.25) is 9.59 Å². The van der Waals surface area contributed by atoms with Crippen molar-refractivity contribution in [2.24, 2.45) is 23.7 Å². The van der Waals surface area contributed by atoms with Gasteiger partial charge >= 0.3 is 0 Å². The molecule has 0 aliphatic heterocycles. The first-order chi connectivity index (χ1) is 11.3. The predicted molar refractivity (Wildman–Crippen MR) is 101 cm³/mol. The molecule has 3 atom stereocenters. The first-order valence-corrected chi connectivity index (χ1v) is 9.49. The summed E-state index contributed by atoms with van der Waals surface area (Å²) < 4.78 is 4.64. The van der Waals surface area contributed by atoms with Gasteiger partial charge in [-0.1, -0.05) is 39.3 Å². The molecule has 0 aromatic heterocycles. The fourth-order valence-corrected chi connectivity index (χ4v) is 3.05. The van der Waals surface area contributed by atoms with E-state index in [0.717, 1.165) is 25.7 Å². The van der Waals surface area contributed by atoms with E-state index >= 15 is 0 Å². The second-order valence-corrected chi connectivity index (χ2v) is 7.92. The predicted octanol–water partition coefficient (Wildman–Crippen LogP) is 5.58. The van der Waals surface area contributed by atoms with Gasteiger partial charge in [-0.25, -0.2) is 0 Å². The molecule has 0 aromatic rings. The Bertz CT molecular complexity index is 381. The van der Waals surface area contributed by atoms with Crippen LogP contribution in [0.15, 0.2) is 11.6 Å². The first-order valence-electron chi connectivity index (χ1n) is 9.49. The van der Waals surface area contributed by atoms with Gasteiger partial charge in [-0.15, -0.1) is 0 Å². The summed E-state index contributed by atoms with van der Waals surface area (Å²) in [4.78, 5) is 21.3. The number of ketones is 1. The Labute approximate surface area is 149 Å². The molecule has 0 bridgehead atoms. The minimum Gasteiger partial charge on any atom is -0.468 e. The number of rotatable bonds is 8. The van der Waals surface area contributed by atoms with E-state index in [1.807, 2.05) is 0 Å². The Kier molecular flexibility index (Phi) is 12.6. The lowest BCUT2D eigenvalue weighted by molar-refractivity contribution is -0.129. The van der Waals surface area contributed by atoms with Crippen molar-refractivity contribution in [2.45, 2.75) is 80.1 Å². The number of hydrogen-bond acceptors (Lipinski definition) is 3. The van der Waals surface area contributed by atoms with Gasteiger partial charge in [-0.05, 0) is 63.7 Å². The van der Waals surface area contributed by atoms with Crippen molar-refractivity contribution < 1.29 is 14.3 Å². The Morgan fingerprint density at radius 1 is 1.21 bits per heavy atom. The molecule has 0 saturated heterocycles. The van der Waals surface area contributed by atoms with Crippen LogP contribution in [-0.4, -0.2) is 18.9 Å². The zero-order chi connectivity index (χ0) is 18.5. The largest absolute Gasteiger partial charge is 0.468 e. The number of allylic oxidation sites excluding steroid dienone is 2. The van der Waals surface area contributed by atoms with Crippen molar-refractivity contribution in [1.82, 2.24) is 0 Å². The average Bonchev–Trinajstić information content (AvgIpc) is 2.47. The number of Topliss-reactive ketones (excluding diaryl/α,β-unsaturated/α-hetero) is 1. The highest BCUT2D eigenvalue weighted by molar-refractivity contribution is 5.82. The second kappa shape index (κ2) is 13.2. The van der Waals surface area contributed by atoms with Crippen LogP contribution in [0.25, 0.3) is 0 Å². The molecular formula is C21H38O3. The van der Waals surface area contributed by atoms with Crippen LogP contribution in [-0.2, 0) is 14.3 Å². The number of carbonyl (C=O) groups is 2. The summed E-state index contributed by atoms with van der Waals surface area (Å²) in [7, 11) is 0. The van der Waals surface area contributed by atoms with Crippen molar-refractivity contribution in [3.63, 3.8) is 0 Å². The van der Waals surface area contributed by atoms with Crippen LogP contribution in [0.3, 0.4) is 0 Å². The van der Waals surface area contributed by atoms with E-state index < -0.39 is 0 Å². The van der Waals surface area contributed by atoms with Crippen LogP contribution in [0.4, 0.5) is 0 Å². The maximum absolute atomic E-state index is 11.4. The fraction of sp³-hybridized carbons (Fsp3) is 0.810. The molecule has 1 fully saturated rings. The molecule has 140 valence electrons. The summed E-state index contributed by atoms with van der Waals surface area (Å²) in [5.41, 5.74) is 1.37. The lowest BCUT2D eigenvalue weighted by atomic mass is 9.77. The van der Waals surface area contributed by atoms with Crippen LogP contribution in [0.5, 0.6) is 0 Å². The minimum absolute atomic E-state index is 0.367. The summed E-state index contributed by atoms with van der Waals surface area (Å²) in [5, 5.41) is 0. The van der Waals surface area contributed by atoms with Crippen molar-refractivity contribution in [3.8, 4) is 0 Å². The van der Waals surface area contributed by atoms with E-state index in [1.165, 1.54) is 18.4 Å². The standard InChI is InChI=1S/C11H20O2.C10H18O/c1-10(2)5-4-6-11(3)7-8-13-9-12;1-7(2)9-5-4-8(3)6-10(9)11/h5,9,11H,4,6-8H2,1-3H3;7-9H,4-6H2,1-3H3/t;8-,9+/m.0/s1. The van der Waals surface area contributed by atoms with E-state index in [4.69, 9.17) is 0 Å². The molecule has 0 spiro atoms. The van der Waals surface area contributed by atoms with Gasteiger partial charge < -0.3 is 4.74 Å². The average molecular weight is 339 g/mol. The Morgan fingerprint density at radius 2 is 1.88 bits per heavy atom. The van der Waals surface area contributed by atoms with E-state index in [-0.39, 0.29) is 0 Å². The van der Waals surface area contributed by atoms with Gasteiger partial charge in [0.25, 0.3) is 6.47 Å². The number of hydrogen-bond donors (Lipinski definition) is 0. The summed E-state index contributed by atoms with van der Waals surface area (Å²) >= 11 is 0. The van der Waals surface area contributed by atoms with Gasteiger partial charge in [0.05, 0.1) is 6.61 Å². The minimum atomic E-state index is 0.367. The quantitative estimate of drug-likeness (QED) is 0.330. The van der Waals surface area contributed by atoms with Crippen LogP contribution in [0.1, 0.15) is 80.1 Å². The monoisotopic (exact) mass is 338 g/mol. The molecule has 0 N–H and O–H groups in total. The summed E-state index contributed by atoms with van der Waals surface area (Å²) in [6.45, 7) is 14.0. The third kappa shape index (κ3) is 11.4. The molecule has 3 nitrogen and oxygen atoms in total. The molecule has 1 aliphatic rings. The molecule has 0 amide bonds. The maximum atomic E-state index is 11.4. The third-order valence-corrected chi connectivity index (χ3v) is 4.75. The van der Waals surface area contributed by atoms with Gasteiger partial charge in [-0.2, -0.15) is 0 Å². The van der Waals surface area contributed by atoms with Crippen molar-refractivity contribution in [2.75, 3.05) is 6.61 Å². The number of carbonyl (C=O) groups excluding carboxylic acids is 2. The lowest BCUT2D eigenvalue weighted by Crippen LogP contribution is -2.27. The topological polar surface area (TPSA) is 43.4 Å². The van der Waals surface area contributed by atoms with Gasteiger partial charge in [0.15, 0.2) is 0 Å². The fourth-order valence-electron chi connectivity index (χ4n) is 3.05. The van der Waals surface area contributed by atoms with Crippen molar-refractivity contribution in [3.05, 3.63) is 11.6 Å². The maximum Gasteiger partial charge on any atom is 0.293 e. The molecular weight excluding hydrogens is 300 g/mol. The second-order valence-electron chi connectivity index (χ2n) is 7.92. The lowest BCUT2D eigenvalue weighted by Gasteiger charge is -2.27. The van der Waals surface area contributed by atoms with E-state index in [1.54, 1.807) is 0 Å². The Balaban J connectivity index is 0.000000446. The van der Waals surface area contributed by atoms with Gasteiger partial charge in [0.2, 0.25) is 0 Å². The normalized spacial score (nSPS) is 21.5. The van der Waals surface area contributed by atoms with Crippen molar-refractivity contribution >= 4 is 12.3 Å². The summed E-state index contributed by atoms with van der Waals surface area (Å²) in [6, 6.07) is 0.